The van der Waals surface area contributed by atoms with E-state index in [1.165, 1.54) is 0 Å². The molecule has 0 spiro atoms. The Morgan fingerprint density at radius 3 is 2.83 bits per heavy atom. The Bertz CT molecular complexity index is 286. The second-order valence-corrected chi connectivity index (χ2v) is 3.67. The van der Waals surface area contributed by atoms with Crippen molar-refractivity contribution in [2.24, 2.45) is 0 Å². The molecule has 0 radical (unpaired) electrons. The molecule has 0 aliphatic rings. The average molecular weight is 248 g/mol. The molecule has 1 aromatic carbocycles. The third kappa shape index (κ3) is 2.61. The Kier molecular flexibility index (Phi) is 3.76. The molecule has 0 unspecified atom stereocenters. The number of benzene rings is 1. The van der Waals surface area contributed by atoms with Gasteiger partial charge in [-0.3, -0.25) is 4.79 Å². The molecule has 0 aliphatic carbocycles. The Labute approximate surface area is 84.9 Å². The Balaban J connectivity index is 2.81. The van der Waals surface area contributed by atoms with E-state index in [4.69, 9.17) is 11.6 Å². The van der Waals surface area contributed by atoms with Gasteiger partial charge in [-0.1, -0.05) is 28.1 Å². The van der Waals surface area contributed by atoms with Crippen LogP contribution in [0.25, 0.3) is 0 Å². The van der Waals surface area contributed by atoms with E-state index in [1.807, 2.05) is 12.1 Å². The number of carbonyl (C=O) groups is 1. The number of halogens is 2. The maximum Gasteiger partial charge on any atom is 0.164 e. The van der Waals surface area contributed by atoms with Gasteiger partial charge in [-0.05, 0) is 12.1 Å². The summed E-state index contributed by atoms with van der Waals surface area (Å²) in [6.07, 6.45) is 0.401. The van der Waals surface area contributed by atoms with Crippen molar-refractivity contribution in [1.29, 1.82) is 0 Å². The van der Waals surface area contributed by atoms with Gasteiger partial charge in [-0.15, -0.1) is 11.6 Å². The van der Waals surface area contributed by atoms with Crippen molar-refractivity contribution in [1.82, 2.24) is 0 Å². The van der Waals surface area contributed by atoms with Crippen molar-refractivity contribution in [2.75, 3.05) is 5.88 Å². The summed E-state index contributed by atoms with van der Waals surface area (Å²) < 4.78 is 0.919. The summed E-state index contributed by atoms with van der Waals surface area (Å²) in [5.74, 6) is 0.469. The molecule has 0 aliphatic heterocycles. The molecule has 0 amide bonds. The van der Waals surface area contributed by atoms with Crippen LogP contribution in [0.5, 0.6) is 0 Å². The van der Waals surface area contributed by atoms with Crippen molar-refractivity contribution >= 4 is 33.3 Å². The molecule has 64 valence electrons. The lowest BCUT2D eigenvalue weighted by Crippen LogP contribution is -1.98. The fourth-order valence-corrected chi connectivity index (χ4v) is 1.46. The van der Waals surface area contributed by atoms with Gasteiger partial charge < -0.3 is 0 Å². The number of hydrogen-bond acceptors (Lipinski definition) is 1. The first-order chi connectivity index (χ1) is 5.74. The summed E-state index contributed by atoms with van der Waals surface area (Å²) in [5.41, 5.74) is 0.713. The average Bonchev–Trinajstić information content (AvgIpc) is 2.05. The van der Waals surface area contributed by atoms with Crippen molar-refractivity contribution in [3.05, 3.63) is 34.3 Å². The minimum Gasteiger partial charge on any atom is -0.294 e. The smallest absolute Gasteiger partial charge is 0.164 e. The van der Waals surface area contributed by atoms with E-state index in [0.717, 1.165) is 4.47 Å². The van der Waals surface area contributed by atoms with Crippen LogP contribution in [0.3, 0.4) is 0 Å². The second-order valence-electron chi connectivity index (χ2n) is 2.37. The monoisotopic (exact) mass is 246 g/mol. The van der Waals surface area contributed by atoms with Gasteiger partial charge in [0, 0.05) is 22.3 Å². The first-order valence-corrected chi connectivity index (χ1v) is 4.91. The zero-order valence-corrected chi connectivity index (χ0v) is 8.73. The van der Waals surface area contributed by atoms with Crippen LogP contribution < -0.4 is 0 Å². The lowest BCUT2D eigenvalue weighted by atomic mass is 10.1. The largest absolute Gasteiger partial charge is 0.294 e. The van der Waals surface area contributed by atoms with E-state index in [-0.39, 0.29) is 5.78 Å². The standard InChI is InChI=1S/C9H8BrClO/c10-8-3-1-2-7(6-8)9(12)4-5-11/h1-3,6H,4-5H2. The number of Topliss-reactive ketones (excluding diaryl/α,β-unsaturated/α-hetero) is 1. The van der Waals surface area contributed by atoms with Crippen LogP contribution in [0.15, 0.2) is 28.7 Å². The SMILES string of the molecule is O=C(CCCl)c1cccc(Br)c1. The molecule has 0 heterocycles. The van der Waals surface area contributed by atoms with Gasteiger partial charge in [0.1, 0.15) is 0 Å². The molecule has 0 N–H and O–H groups in total. The van der Waals surface area contributed by atoms with Gasteiger partial charge in [0.2, 0.25) is 0 Å². The first kappa shape index (κ1) is 9.75. The molecule has 0 aromatic heterocycles. The topological polar surface area (TPSA) is 17.1 Å². The lowest BCUT2D eigenvalue weighted by molar-refractivity contribution is 0.0989. The maximum atomic E-state index is 11.3. The third-order valence-electron chi connectivity index (χ3n) is 1.47. The van der Waals surface area contributed by atoms with E-state index < -0.39 is 0 Å². The van der Waals surface area contributed by atoms with Crippen molar-refractivity contribution in [2.45, 2.75) is 6.42 Å². The van der Waals surface area contributed by atoms with Gasteiger partial charge in [-0.25, -0.2) is 0 Å². The molecule has 1 aromatic rings. The zero-order chi connectivity index (χ0) is 8.97. The zero-order valence-electron chi connectivity index (χ0n) is 6.39. The van der Waals surface area contributed by atoms with Crippen LogP contribution in [0.4, 0.5) is 0 Å². The van der Waals surface area contributed by atoms with Gasteiger partial charge in [0.25, 0.3) is 0 Å². The molecule has 0 fully saturated rings. The number of ketones is 1. The molecule has 12 heavy (non-hydrogen) atoms. The summed E-state index contributed by atoms with van der Waals surface area (Å²) in [5, 5.41) is 0. The highest BCUT2D eigenvalue weighted by molar-refractivity contribution is 9.10. The van der Waals surface area contributed by atoms with Gasteiger partial charge in [0.15, 0.2) is 5.78 Å². The molecule has 3 heteroatoms. The van der Waals surface area contributed by atoms with Gasteiger partial charge in [-0.2, -0.15) is 0 Å². The highest BCUT2D eigenvalue weighted by Crippen LogP contribution is 2.13. The Morgan fingerprint density at radius 1 is 1.50 bits per heavy atom. The minimum absolute atomic E-state index is 0.0892. The number of hydrogen-bond donors (Lipinski definition) is 0. The lowest BCUT2D eigenvalue weighted by Gasteiger charge is -1.97. The Morgan fingerprint density at radius 2 is 2.25 bits per heavy atom. The third-order valence-corrected chi connectivity index (χ3v) is 2.15. The number of carbonyl (C=O) groups excluding carboxylic acids is 1. The molecule has 0 saturated carbocycles. The Hall–Kier alpha value is -0.340. The van der Waals surface area contributed by atoms with E-state index in [0.29, 0.717) is 17.9 Å². The quantitative estimate of drug-likeness (QED) is 0.592. The second kappa shape index (κ2) is 4.63. The summed E-state index contributed by atoms with van der Waals surface area (Å²) >= 11 is 8.75. The number of rotatable bonds is 3. The summed E-state index contributed by atoms with van der Waals surface area (Å²) in [6, 6.07) is 7.32. The van der Waals surface area contributed by atoms with Crippen LogP contribution >= 0.6 is 27.5 Å². The predicted molar refractivity (Wildman–Crippen MR) is 53.8 cm³/mol. The van der Waals surface area contributed by atoms with Gasteiger partial charge >= 0.3 is 0 Å². The fourth-order valence-electron chi connectivity index (χ4n) is 0.892. The first-order valence-electron chi connectivity index (χ1n) is 3.59. The molecular weight excluding hydrogens is 239 g/mol. The molecule has 1 rings (SSSR count). The summed E-state index contributed by atoms with van der Waals surface area (Å²) in [4.78, 5) is 11.3. The van der Waals surface area contributed by atoms with Crippen LogP contribution in [0.2, 0.25) is 0 Å². The molecule has 0 saturated heterocycles. The minimum atomic E-state index is 0.0892. The maximum absolute atomic E-state index is 11.3. The predicted octanol–water partition coefficient (Wildman–Crippen LogP) is 3.26. The van der Waals surface area contributed by atoms with Crippen LogP contribution in [0, 0.1) is 0 Å². The summed E-state index contributed by atoms with van der Waals surface area (Å²) in [7, 11) is 0. The van der Waals surface area contributed by atoms with E-state index in [2.05, 4.69) is 15.9 Å². The highest BCUT2D eigenvalue weighted by atomic mass is 79.9. The summed E-state index contributed by atoms with van der Waals surface area (Å²) in [6.45, 7) is 0. The molecule has 1 nitrogen and oxygen atoms in total. The van der Waals surface area contributed by atoms with Crippen molar-refractivity contribution in [3.63, 3.8) is 0 Å². The molecule has 0 atom stereocenters. The van der Waals surface area contributed by atoms with Crippen LogP contribution in [0.1, 0.15) is 16.8 Å². The normalized spacial score (nSPS) is 9.83. The highest BCUT2D eigenvalue weighted by Gasteiger charge is 2.03. The van der Waals surface area contributed by atoms with E-state index in [9.17, 15) is 4.79 Å². The van der Waals surface area contributed by atoms with Crippen molar-refractivity contribution < 1.29 is 4.79 Å². The fraction of sp³-hybridized carbons (Fsp3) is 0.222. The van der Waals surface area contributed by atoms with Crippen molar-refractivity contribution in [3.8, 4) is 0 Å². The van der Waals surface area contributed by atoms with Crippen LogP contribution in [-0.2, 0) is 0 Å². The molecular formula is C9H8BrClO. The van der Waals surface area contributed by atoms with Crippen LogP contribution in [-0.4, -0.2) is 11.7 Å². The van der Waals surface area contributed by atoms with Gasteiger partial charge in [0.05, 0.1) is 0 Å². The number of alkyl halides is 1. The molecule has 0 bridgehead atoms. The van der Waals surface area contributed by atoms with E-state index >= 15 is 0 Å². The van der Waals surface area contributed by atoms with E-state index in [1.54, 1.807) is 12.1 Å².